The summed E-state index contributed by atoms with van der Waals surface area (Å²) in [5, 5.41) is 3.57. The van der Waals surface area contributed by atoms with E-state index in [1.54, 1.807) is 13.0 Å². The summed E-state index contributed by atoms with van der Waals surface area (Å²) in [5.74, 6) is 0.476. The van der Waals surface area contributed by atoms with Crippen molar-refractivity contribution in [2.75, 3.05) is 7.11 Å². The standard InChI is InChI=1S/C8H11NO4/c1-5(12-6(2)10)7-4-8(11-3)9-13-7/h4-5H,1-3H3. The Morgan fingerprint density at radius 2 is 2.38 bits per heavy atom. The third-order valence-electron chi connectivity index (χ3n) is 1.46. The molecule has 0 bridgehead atoms. The van der Waals surface area contributed by atoms with Gasteiger partial charge in [0.2, 0.25) is 0 Å². The topological polar surface area (TPSA) is 61.6 Å². The van der Waals surface area contributed by atoms with Crippen molar-refractivity contribution in [3.8, 4) is 5.88 Å². The molecule has 1 heterocycles. The monoisotopic (exact) mass is 185 g/mol. The highest BCUT2D eigenvalue weighted by atomic mass is 16.6. The van der Waals surface area contributed by atoms with E-state index in [9.17, 15) is 4.79 Å². The number of carbonyl (C=O) groups is 1. The Kier molecular flexibility index (Phi) is 2.89. The number of carbonyl (C=O) groups excluding carboxylic acids is 1. The molecule has 0 aliphatic heterocycles. The third kappa shape index (κ3) is 2.47. The van der Waals surface area contributed by atoms with Gasteiger partial charge in [0.25, 0.3) is 5.88 Å². The Labute approximate surface area is 75.6 Å². The number of ether oxygens (including phenoxy) is 2. The zero-order chi connectivity index (χ0) is 9.84. The lowest BCUT2D eigenvalue weighted by Crippen LogP contribution is -2.03. The van der Waals surface area contributed by atoms with Crippen molar-refractivity contribution in [2.24, 2.45) is 0 Å². The maximum absolute atomic E-state index is 10.6. The molecule has 72 valence electrons. The van der Waals surface area contributed by atoms with Crippen molar-refractivity contribution in [3.63, 3.8) is 0 Å². The van der Waals surface area contributed by atoms with E-state index in [2.05, 4.69) is 5.16 Å². The third-order valence-corrected chi connectivity index (χ3v) is 1.46. The fraction of sp³-hybridized carbons (Fsp3) is 0.500. The lowest BCUT2D eigenvalue weighted by Gasteiger charge is -2.06. The lowest BCUT2D eigenvalue weighted by molar-refractivity contribution is -0.146. The van der Waals surface area contributed by atoms with Gasteiger partial charge in [0.1, 0.15) is 0 Å². The molecule has 5 heteroatoms. The molecular formula is C8H11NO4. The van der Waals surface area contributed by atoms with E-state index >= 15 is 0 Å². The summed E-state index contributed by atoms with van der Waals surface area (Å²) in [4.78, 5) is 10.6. The molecule has 0 aliphatic carbocycles. The van der Waals surface area contributed by atoms with Crippen LogP contribution in [-0.2, 0) is 9.53 Å². The van der Waals surface area contributed by atoms with Gasteiger partial charge in [-0.1, -0.05) is 0 Å². The van der Waals surface area contributed by atoms with Crippen molar-refractivity contribution in [1.82, 2.24) is 5.16 Å². The van der Waals surface area contributed by atoms with Crippen LogP contribution >= 0.6 is 0 Å². The molecule has 13 heavy (non-hydrogen) atoms. The molecule has 0 saturated carbocycles. The Bertz CT molecular complexity index is 294. The fourth-order valence-electron chi connectivity index (χ4n) is 0.867. The van der Waals surface area contributed by atoms with Crippen LogP contribution < -0.4 is 4.74 Å². The van der Waals surface area contributed by atoms with Crippen molar-refractivity contribution >= 4 is 5.97 Å². The molecule has 0 aromatic carbocycles. The van der Waals surface area contributed by atoms with Gasteiger partial charge in [-0.05, 0) is 12.1 Å². The van der Waals surface area contributed by atoms with Crippen molar-refractivity contribution in [3.05, 3.63) is 11.8 Å². The maximum Gasteiger partial charge on any atom is 0.303 e. The van der Waals surface area contributed by atoms with Crippen LogP contribution in [0.2, 0.25) is 0 Å². The highest BCUT2D eigenvalue weighted by Gasteiger charge is 2.14. The van der Waals surface area contributed by atoms with Crippen molar-refractivity contribution in [1.29, 1.82) is 0 Å². The minimum absolute atomic E-state index is 0.358. The van der Waals surface area contributed by atoms with Gasteiger partial charge in [-0.3, -0.25) is 4.79 Å². The van der Waals surface area contributed by atoms with Crippen LogP contribution in [0.5, 0.6) is 5.88 Å². The first-order chi connectivity index (χ1) is 6.13. The minimum Gasteiger partial charge on any atom is -0.479 e. The molecule has 0 radical (unpaired) electrons. The second-order valence-electron chi connectivity index (χ2n) is 2.52. The summed E-state index contributed by atoms with van der Waals surface area (Å²) in [5.41, 5.74) is 0. The summed E-state index contributed by atoms with van der Waals surface area (Å²) < 4.78 is 14.5. The first-order valence-corrected chi connectivity index (χ1v) is 3.81. The molecule has 0 saturated heterocycles. The molecule has 0 aliphatic rings. The van der Waals surface area contributed by atoms with Crippen molar-refractivity contribution < 1.29 is 18.8 Å². The molecule has 0 spiro atoms. The average Bonchev–Trinajstić information content (AvgIpc) is 2.50. The van der Waals surface area contributed by atoms with Gasteiger partial charge < -0.3 is 14.0 Å². The van der Waals surface area contributed by atoms with E-state index in [1.165, 1.54) is 14.0 Å². The summed E-state index contributed by atoms with van der Waals surface area (Å²) in [6.07, 6.45) is -0.436. The highest BCUT2D eigenvalue weighted by molar-refractivity contribution is 5.66. The Balaban J connectivity index is 2.65. The van der Waals surface area contributed by atoms with E-state index in [4.69, 9.17) is 14.0 Å². The van der Waals surface area contributed by atoms with Crippen LogP contribution in [0.4, 0.5) is 0 Å². The number of hydrogen-bond acceptors (Lipinski definition) is 5. The van der Waals surface area contributed by atoms with E-state index in [1.807, 2.05) is 0 Å². The van der Waals surface area contributed by atoms with Crippen LogP contribution in [0.3, 0.4) is 0 Å². The normalized spacial score (nSPS) is 12.2. The van der Waals surface area contributed by atoms with Gasteiger partial charge in [0, 0.05) is 13.0 Å². The summed E-state index contributed by atoms with van der Waals surface area (Å²) >= 11 is 0. The summed E-state index contributed by atoms with van der Waals surface area (Å²) in [7, 11) is 1.48. The molecule has 1 unspecified atom stereocenters. The molecule has 0 N–H and O–H groups in total. The Morgan fingerprint density at radius 1 is 1.69 bits per heavy atom. The molecule has 1 aromatic rings. The van der Waals surface area contributed by atoms with Gasteiger partial charge in [-0.2, -0.15) is 0 Å². The van der Waals surface area contributed by atoms with Crippen LogP contribution in [-0.4, -0.2) is 18.2 Å². The van der Waals surface area contributed by atoms with Gasteiger partial charge >= 0.3 is 5.97 Å². The SMILES string of the molecule is COc1cc(C(C)OC(C)=O)on1. The molecule has 0 fully saturated rings. The van der Waals surface area contributed by atoms with Crippen LogP contribution in [0.15, 0.2) is 10.6 Å². The number of hydrogen-bond donors (Lipinski definition) is 0. The smallest absolute Gasteiger partial charge is 0.303 e. The number of aromatic nitrogens is 1. The molecule has 1 rings (SSSR count). The zero-order valence-corrected chi connectivity index (χ0v) is 7.73. The number of methoxy groups -OCH3 is 1. The molecular weight excluding hydrogens is 174 g/mol. The molecule has 1 atom stereocenters. The Hall–Kier alpha value is -1.52. The lowest BCUT2D eigenvalue weighted by atomic mass is 10.3. The number of nitrogens with zero attached hydrogens (tertiary/aromatic N) is 1. The van der Waals surface area contributed by atoms with E-state index in [0.717, 1.165) is 0 Å². The zero-order valence-electron chi connectivity index (χ0n) is 7.73. The van der Waals surface area contributed by atoms with Crippen molar-refractivity contribution in [2.45, 2.75) is 20.0 Å². The van der Waals surface area contributed by atoms with E-state index < -0.39 is 6.10 Å². The quantitative estimate of drug-likeness (QED) is 0.664. The summed E-state index contributed by atoms with van der Waals surface area (Å²) in [6, 6.07) is 1.58. The van der Waals surface area contributed by atoms with Crippen LogP contribution in [0.25, 0.3) is 0 Å². The first kappa shape index (κ1) is 9.57. The Morgan fingerprint density at radius 3 is 2.85 bits per heavy atom. The maximum atomic E-state index is 10.6. The predicted molar refractivity (Wildman–Crippen MR) is 43.2 cm³/mol. The van der Waals surface area contributed by atoms with Gasteiger partial charge in [-0.15, -0.1) is 0 Å². The largest absolute Gasteiger partial charge is 0.479 e. The predicted octanol–water partition coefficient (Wildman–Crippen LogP) is 1.31. The van der Waals surface area contributed by atoms with E-state index in [0.29, 0.717) is 11.6 Å². The summed E-state index contributed by atoms with van der Waals surface area (Å²) in [6.45, 7) is 3.03. The number of esters is 1. The van der Waals surface area contributed by atoms with Gasteiger partial charge in [0.05, 0.1) is 7.11 Å². The second kappa shape index (κ2) is 3.93. The molecule has 0 amide bonds. The molecule has 5 nitrogen and oxygen atoms in total. The van der Waals surface area contributed by atoms with E-state index in [-0.39, 0.29) is 5.97 Å². The number of rotatable bonds is 3. The first-order valence-electron chi connectivity index (χ1n) is 3.81. The second-order valence-corrected chi connectivity index (χ2v) is 2.52. The highest BCUT2D eigenvalue weighted by Crippen LogP contribution is 2.20. The fourth-order valence-corrected chi connectivity index (χ4v) is 0.867. The van der Waals surface area contributed by atoms with Crippen LogP contribution in [0, 0.1) is 0 Å². The average molecular weight is 185 g/mol. The van der Waals surface area contributed by atoms with Gasteiger partial charge in [-0.25, -0.2) is 0 Å². The minimum atomic E-state index is -0.436. The molecule has 1 aromatic heterocycles. The van der Waals surface area contributed by atoms with Crippen LogP contribution in [0.1, 0.15) is 25.7 Å². The van der Waals surface area contributed by atoms with Gasteiger partial charge in [0.15, 0.2) is 11.9 Å².